The number of amides is 1. The Morgan fingerprint density at radius 3 is 2.03 bits per heavy atom. The summed E-state index contributed by atoms with van der Waals surface area (Å²) >= 11 is 0. The number of aromatic nitrogens is 4. The number of carbonyl (C=O) groups excluding carboxylic acids is 1. The van der Waals surface area contributed by atoms with E-state index in [0.29, 0.717) is 23.3 Å². The molecule has 0 aliphatic rings. The van der Waals surface area contributed by atoms with E-state index in [0.717, 1.165) is 17.1 Å². The van der Waals surface area contributed by atoms with E-state index in [2.05, 4.69) is 20.8 Å². The van der Waals surface area contributed by atoms with Crippen LogP contribution in [0.5, 0.6) is 0 Å². The van der Waals surface area contributed by atoms with Crippen LogP contribution in [0.15, 0.2) is 42.9 Å². The van der Waals surface area contributed by atoms with Crippen molar-refractivity contribution >= 4 is 18.2 Å². The van der Waals surface area contributed by atoms with Crippen molar-refractivity contribution in [3.8, 4) is 11.4 Å². The van der Waals surface area contributed by atoms with E-state index in [1.165, 1.54) is 18.5 Å². The Morgan fingerprint density at radius 1 is 1.00 bits per heavy atom. The number of benzene rings is 1. The van der Waals surface area contributed by atoms with Gasteiger partial charge in [0.2, 0.25) is 12.4 Å². The lowest BCUT2D eigenvalue weighted by atomic mass is 10.0. The third-order valence-corrected chi connectivity index (χ3v) is 3.86. The number of alkyl halides is 6. The summed E-state index contributed by atoms with van der Waals surface area (Å²) < 4.78 is 91.9. The average molecular weight is 461 g/mol. The summed E-state index contributed by atoms with van der Waals surface area (Å²) in [6, 6.07) is 3.73. The highest BCUT2D eigenvalue weighted by Crippen LogP contribution is 2.38. The van der Waals surface area contributed by atoms with Gasteiger partial charge in [0.05, 0.1) is 11.1 Å². The van der Waals surface area contributed by atoms with Gasteiger partial charge in [-0.2, -0.15) is 30.7 Å². The van der Waals surface area contributed by atoms with E-state index in [1.807, 2.05) is 0 Å². The van der Waals surface area contributed by atoms with Crippen LogP contribution in [0.4, 0.5) is 30.7 Å². The van der Waals surface area contributed by atoms with Crippen molar-refractivity contribution in [2.75, 3.05) is 0 Å². The normalized spacial score (nSPS) is 12.2. The highest BCUT2D eigenvalue weighted by Gasteiger charge is 2.37. The first-order valence-corrected chi connectivity index (χ1v) is 8.52. The molecule has 0 saturated heterocycles. The van der Waals surface area contributed by atoms with E-state index in [4.69, 9.17) is 4.79 Å². The molecule has 1 aromatic carbocycles. The fraction of sp³-hybridized carbons (Fsp3) is 0.158. The molecule has 0 aliphatic carbocycles. The maximum atomic E-state index is 13.0. The maximum absolute atomic E-state index is 13.0. The Hall–Kier alpha value is -3.77. The minimum Gasteiger partial charge on any atom is -0.372 e. The number of rotatable bonds is 3. The quantitative estimate of drug-likeness (QED) is 0.350. The smallest absolute Gasteiger partial charge is 0.372 e. The van der Waals surface area contributed by atoms with Crippen LogP contribution in [0.25, 0.3) is 23.2 Å². The van der Waals surface area contributed by atoms with Gasteiger partial charge in [0.1, 0.15) is 6.33 Å². The van der Waals surface area contributed by atoms with Gasteiger partial charge in [-0.25, -0.2) is 14.6 Å². The van der Waals surface area contributed by atoms with E-state index in [9.17, 15) is 30.7 Å². The summed E-state index contributed by atoms with van der Waals surface area (Å²) in [6.45, 7) is 1.64. The Morgan fingerprint density at radius 2 is 1.56 bits per heavy atom. The number of primary amides is 1. The number of allylic oxidation sites excluding steroid dienone is 1. The van der Waals surface area contributed by atoms with Crippen molar-refractivity contribution in [1.82, 2.24) is 19.7 Å². The molecule has 13 heteroatoms. The highest BCUT2D eigenvalue weighted by atomic mass is 19.4. The van der Waals surface area contributed by atoms with Gasteiger partial charge >= 0.3 is 12.4 Å². The van der Waals surface area contributed by atoms with Crippen LogP contribution in [0.2, 0.25) is 0 Å². The number of nitrogens with zero attached hydrogens (tertiary/aromatic N) is 4. The lowest BCUT2D eigenvalue weighted by Crippen LogP contribution is -2.11. The van der Waals surface area contributed by atoms with Crippen molar-refractivity contribution in [2.24, 2.45) is 5.73 Å². The Balaban J connectivity index is 0.00000114. The molecule has 0 atom stereocenters. The van der Waals surface area contributed by atoms with Gasteiger partial charge in [0.25, 0.3) is 0 Å². The lowest BCUT2D eigenvalue weighted by Gasteiger charge is -2.13. The molecule has 0 radical (unpaired) electrons. The molecule has 0 saturated carbocycles. The Labute approximate surface area is 176 Å². The summed E-state index contributed by atoms with van der Waals surface area (Å²) in [5.41, 5.74) is 1.93. The SMILES string of the molecule is C/C(=C\n1cnc(-c2cc(C(F)(F)F)cc(C(F)(F)F)c2)n1)c1ccc(F)nc1.NC=O. The molecule has 1 amide bonds. The average Bonchev–Trinajstić information content (AvgIpc) is 3.16. The molecule has 3 rings (SSSR count). The van der Waals surface area contributed by atoms with Crippen LogP contribution in [-0.4, -0.2) is 26.2 Å². The standard InChI is InChI=1S/C18H11F7N4.CH3NO/c1-10(11-2-3-15(19)26-7-11)8-29-9-27-16(28-29)12-4-13(17(20,21)22)6-14(5-12)18(23,24)25;2-1-3/h2-9H,1H3;1H,(H2,2,3)/b10-8+;. The zero-order valence-electron chi connectivity index (χ0n) is 16.1. The van der Waals surface area contributed by atoms with E-state index >= 15 is 0 Å². The second-order valence-corrected chi connectivity index (χ2v) is 6.16. The van der Waals surface area contributed by atoms with Crippen LogP contribution in [0.1, 0.15) is 23.6 Å². The van der Waals surface area contributed by atoms with Crippen LogP contribution < -0.4 is 5.73 Å². The molecular formula is C19H14F7N5O. The molecular weight excluding hydrogens is 447 g/mol. The summed E-state index contributed by atoms with van der Waals surface area (Å²) in [5.74, 6) is -0.988. The fourth-order valence-electron chi connectivity index (χ4n) is 2.44. The first-order chi connectivity index (χ1) is 14.8. The Kier molecular flexibility index (Phi) is 7.33. The predicted octanol–water partition coefficient (Wildman–Crippen LogP) is 4.64. The third kappa shape index (κ3) is 6.36. The fourth-order valence-corrected chi connectivity index (χ4v) is 2.44. The number of halogens is 7. The van der Waals surface area contributed by atoms with Crippen LogP contribution >= 0.6 is 0 Å². The largest absolute Gasteiger partial charge is 0.416 e. The summed E-state index contributed by atoms with van der Waals surface area (Å²) in [7, 11) is 0. The van der Waals surface area contributed by atoms with Crippen molar-refractivity contribution in [1.29, 1.82) is 0 Å². The van der Waals surface area contributed by atoms with Crippen LogP contribution in [0.3, 0.4) is 0 Å². The molecule has 0 bridgehead atoms. The topological polar surface area (TPSA) is 86.7 Å². The summed E-state index contributed by atoms with van der Waals surface area (Å²) in [6.07, 6.45) is -5.87. The summed E-state index contributed by atoms with van der Waals surface area (Å²) in [5, 5.41) is 3.91. The van der Waals surface area contributed by atoms with Crippen molar-refractivity contribution in [3.05, 3.63) is 65.5 Å². The second-order valence-electron chi connectivity index (χ2n) is 6.16. The van der Waals surface area contributed by atoms with Gasteiger partial charge in [-0.05, 0) is 48.4 Å². The molecule has 0 unspecified atom stereocenters. The zero-order chi connectivity index (χ0) is 24.1. The monoisotopic (exact) mass is 461 g/mol. The minimum atomic E-state index is -4.97. The molecule has 32 heavy (non-hydrogen) atoms. The summed E-state index contributed by atoms with van der Waals surface area (Å²) in [4.78, 5) is 15.9. The van der Waals surface area contributed by atoms with E-state index in [1.54, 1.807) is 6.92 Å². The van der Waals surface area contributed by atoms with E-state index in [-0.39, 0.29) is 18.3 Å². The Bertz CT molecular complexity index is 1070. The third-order valence-electron chi connectivity index (χ3n) is 3.86. The van der Waals surface area contributed by atoms with Gasteiger partial charge in [0, 0.05) is 18.0 Å². The van der Waals surface area contributed by atoms with Gasteiger partial charge in [-0.15, -0.1) is 5.10 Å². The molecule has 2 aromatic heterocycles. The van der Waals surface area contributed by atoms with Crippen LogP contribution in [0, 0.1) is 5.95 Å². The van der Waals surface area contributed by atoms with Crippen molar-refractivity contribution in [3.63, 3.8) is 0 Å². The number of pyridine rings is 1. The maximum Gasteiger partial charge on any atom is 0.416 e. The molecule has 0 spiro atoms. The molecule has 0 fully saturated rings. The van der Waals surface area contributed by atoms with Crippen molar-refractivity contribution < 1.29 is 35.5 Å². The van der Waals surface area contributed by atoms with Gasteiger partial charge < -0.3 is 5.73 Å². The van der Waals surface area contributed by atoms with Gasteiger partial charge in [0.15, 0.2) is 5.82 Å². The van der Waals surface area contributed by atoms with Crippen LogP contribution in [-0.2, 0) is 17.1 Å². The molecule has 2 N–H and O–H groups in total. The number of hydrogen-bond acceptors (Lipinski definition) is 4. The predicted molar refractivity (Wildman–Crippen MR) is 99.7 cm³/mol. The zero-order valence-corrected chi connectivity index (χ0v) is 16.1. The van der Waals surface area contributed by atoms with E-state index < -0.39 is 35.0 Å². The van der Waals surface area contributed by atoms with Gasteiger partial charge in [-0.3, -0.25) is 4.79 Å². The van der Waals surface area contributed by atoms with Crippen molar-refractivity contribution in [2.45, 2.75) is 19.3 Å². The second kappa shape index (κ2) is 9.58. The molecule has 170 valence electrons. The highest BCUT2D eigenvalue weighted by molar-refractivity contribution is 5.73. The first kappa shape index (κ1) is 24.5. The lowest BCUT2D eigenvalue weighted by molar-refractivity contribution is -0.143. The minimum absolute atomic E-state index is 0.0338. The first-order valence-electron chi connectivity index (χ1n) is 8.52. The molecule has 0 aliphatic heterocycles. The molecule has 3 aromatic rings. The number of carbonyl (C=O) groups is 1. The number of nitrogens with two attached hydrogens (primary N) is 1. The molecule has 2 heterocycles. The van der Waals surface area contributed by atoms with Gasteiger partial charge in [-0.1, -0.05) is 0 Å². The number of hydrogen-bond donors (Lipinski definition) is 1. The molecule has 6 nitrogen and oxygen atoms in total.